The van der Waals surface area contributed by atoms with Gasteiger partial charge in [-0.05, 0) is 59.5 Å². The number of likely N-dealkylation sites (tertiary alicyclic amines) is 1. The van der Waals surface area contributed by atoms with E-state index in [4.69, 9.17) is 9.47 Å². The molecule has 9 nitrogen and oxygen atoms in total. The highest BCUT2D eigenvalue weighted by Crippen LogP contribution is 2.25. The fraction of sp³-hybridized carbons (Fsp3) is 0.424. The SMILES string of the molecule is COC(=O)C(NC(=O)N1CC[C@@H](N2CCN(c3ccc(F)cc3)CC2)[C@H](OC(=O)c2ccc3ccccc3c2)C1)C(C)C. The minimum Gasteiger partial charge on any atom is -0.467 e. The fourth-order valence-electron chi connectivity index (χ4n) is 5.96. The normalized spacial score (nSPS) is 20.1. The number of rotatable bonds is 7. The van der Waals surface area contributed by atoms with Crippen LogP contribution in [0.25, 0.3) is 10.8 Å². The van der Waals surface area contributed by atoms with Gasteiger partial charge >= 0.3 is 18.0 Å². The Hall–Kier alpha value is -4.18. The number of esters is 2. The zero-order valence-electron chi connectivity index (χ0n) is 24.9. The molecule has 2 aliphatic rings. The van der Waals surface area contributed by atoms with Gasteiger partial charge < -0.3 is 24.6 Å². The number of methoxy groups -OCH3 is 1. The Morgan fingerprint density at radius 1 is 0.907 bits per heavy atom. The molecule has 0 spiro atoms. The summed E-state index contributed by atoms with van der Waals surface area (Å²) in [7, 11) is 1.30. The van der Waals surface area contributed by atoms with Crippen molar-refractivity contribution in [2.75, 3.05) is 51.3 Å². The van der Waals surface area contributed by atoms with Gasteiger partial charge in [0.2, 0.25) is 0 Å². The fourth-order valence-corrected chi connectivity index (χ4v) is 5.96. The van der Waals surface area contributed by atoms with Gasteiger partial charge in [0, 0.05) is 38.4 Å². The molecule has 43 heavy (non-hydrogen) atoms. The lowest BCUT2D eigenvalue weighted by atomic mass is 9.98. The summed E-state index contributed by atoms with van der Waals surface area (Å²) in [5.41, 5.74) is 1.42. The zero-order chi connectivity index (χ0) is 30.5. The third-order valence-electron chi connectivity index (χ3n) is 8.43. The lowest BCUT2D eigenvalue weighted by Crippen LogP contribution is -2.62. The van der Waals surface area contributed by atoms with E-state index in [1.165, 1.54) is 19.2 Å². The van der Waals surface area contributed by atoms with Crippen LogP contribution in [0.3, 0.4) is 0 Å². The molecule has 0 aromatic heterocycles. The zero-order valence-corrected chi connectivity index (χ0v) is 24.9. The van der Waals surface area contributed by atoms with Crippen LogP contribution in [-0.2, 0) is 14.3 Å². The molecular formula is C33H39FN4O5. The standard InChI is InChI=1S/C33H39FN4O5/c1-22(2)30(32(40)42-3)35-33(41)38-15-14-28(37-18-16-36(17-19-37)27-12-10-26(34)11-13-27)29(21-38)43-31(39)25-9-8-23-6-4-5-7-24(23)20-25/h4-13,20,22,28-30H,14-19,21H2,1-3H3,(H,35,41)/t28-,29-,30?/m1/s1. The van der Waals surface area contributed by atoms with Crippen molar-refractivity contribution < 1.29 is 28.2 Å². The highest BCUT2D eigenvalue weighted by Gasteiger charge is 2.39. The van der Waals surface area contributed by atoms with Gasteiger partial charge in [0.25, 0.3) is 0 Å². The number of hydrogen-bond acceptors (Lipinski definition) is 7. The third-order valence-corrected chi connectivity index (χ3v) is 8.43. The van der Waals surface area contributed by atoms with Gasteiger partial charge in [0.15, 0.2) is 0 Å². The van der Waals surface area contributed by atoms with Gasteiger partial charge in [-0.3, -0.25) is 4.90 Å². The summed E-state index contributed by atoms with van der Waals surface area (Å²) in [5.74, 6) is -1.37. The average Bonchev–Trinajstić information content (AvgIpc) is 3.03. The van der Waals surface area contributed by atoms with Crippen molar-refractivity contribution in [3.63, 3.8) is 0 Å². The first kappa shape index (κ1) is 30.3. The molecule has 0 radical (unpaired) electrons. The summed E-state index contributed by atoms with van der Waals surface area (Å²) in [5, 5.41) is 4.78. The predicted octanol–water partition coefficient (Wildman–Crippen LogP) is 4.31. The number of piperazine rings is 1. The molecule has 2 saturated heterocycles. The van der Waals surface area contributed by atoms with Crippen molar-refractivity contribution >= 4 is 34.4 Å². The van der Waals surface area contributed by atoms with E-state index in [-0.39, 0.29) is 24.3 Å². The van der Waals surface area contributed by atoms with Gasteiger partial charge in [-0.25, -0.2) is 18.8 Å². The molecule has 1 N–H and O–H groups in total. The van der Waals surface area contributed by atoms with E-state index < -0.39 is 30.1 Å². The topological polar surface area (TPSA) is 91.4 Å². The maximum absolute atomic E-state index is 13.5. The van der Waals surface area contributed by atoms with Gasteiger partial charge in [-0.15, -0.1) is 0 Å². The maximum Gasteiger partial charge on any atom is 0.338 e. The van der Waals surface area contributed by atoms with Crippen LogP contribution in [0.1, 0.15) is 30.6 Å². The average molecular weight is 591 g/mol. The van der Waals surface area contributed by atoms with Gasteiger partial charge in [-0.1, -0.05) is 44.2 Å². The van der Waals surface area contributed by atoms with Gasteiger partial charge in [0.05, 0.1) is 25.3 Å². The Bertz CT molecular complexity index is 1440. The molecule has 0 saturated carbocycles. The Morgan fingerprint density at radius 2 is 1.60 bits per heavy atom. The number of amides is 2. The van der Waals surface area contributed by atoms with E-state index in [1.807, 2.05) is 50.2 Å². The number of carbonyl (C=O) groups is 3. The molecule has 2 aliphatic heterocycles. The predicted molar refractivity (Wildman–Crippen MR) is 162 cm³/mol. The largest absolute Gasteiger partial charge is 0.467 e. The molecule has 1 unspecified atom stereocenters. The number of nitrogens with zero attached hydrogens (tertiary/aromatic N) is 3. The minimum absolute atomic E-state index is 0.0923. The summed E-state index contributed by atoms with van der Waals surface area (Å²) in [6.45, 7) is 7.28. The molecule has 0 aliphatic carbocycles. The van der Waals surface area contributed by atoms with Crippen molar-refractivity contribution in [1.82, 2.24) is 15.1 Å². The second kappa shape index (κ2) is 13.4. The van der Waals surface area contributed by atoms with Crippen LogP contribution in [0, 0.1) is 11.7 Å². The van der Waals surface area contributed by atoms with Crippen LogP contribution in [0.15, 0.2) is 66.7 Å². The van der Waals surface area contributed by atoms with E-state index in [9.17, 15) is 18.8 Å². The Kier molecular flexibility index (Phi) is 9.45. The van der Waals surface area contributed by atoms with Crippen LogP contribution < -0.4 is 10.2 Å². The number of piperidine rings is 1. The quantitative estimate of drug-likeness (QED) is 0.410. The molecule has 2 amide bonds. The van der Waals surface area contributed by atoms with E-state index in [2.05, 4.69) is 15.1 Å². The third kappa shape index (κ3) is 7.07. The lowest BCUT2D eigenvalue weighted by Gasteiger charge is -2.46. The van der Waals surface area contributed by atoms with E-state index in [1.54, 1.807) is 23.1 Å². The molecule has 228 valence electrons. The summed E-state index contributed by atoms with van der Waals surface area (Å²) in [4.78, 5) is 45.2. The van der Waals surface area contributed by atoms with Crippen LogP contribution in [-0.4, -0.2) is 92.3 Å². The molecule has 3 atom stereocenters. The number of anilines is 1. The van der Waals surface area contributed by atoms with Crippen molar-refractivity contribution in [1.29, 1.82) is 0 Å². The van der Waals surface area contributed by atoms with E-state index in [0.29, 0.717) is 18.5 Å². The Balaban J connectivity index is 1.31. The van der Waals surface area contributed by atoms with Crippen molar-refractivity contribution in [3.05, 3.63) is 78.1 Å². The molecule has 2 heterocycles. The number of ether oxygens (including phenoxy) is 2. The summed E-state index contributed by atoms with van der Waals surface area (Å²) in [6.07, 6.45) is 0.0240. The minimum atomic E-state index is -0.784. The number of nitrogens with one attached hydrogen (secondary N) is 1. The van der Waals surface area contributed by atoms with Crippen molar-refractivity contribution in [3.8, 4) is 0 Å². The number of halogens is 1. The summed E-state index contributed by atoms with van der Waals surface area (Å²) < 4.78 is 24.5. The van der Waals surface area contributed by atoms with Gasteiger partial charge in [-0.2, -0.15) is 0 Å². The number of urea groups is 1. The monoisotopic (exact) mass is 590 g/mol. The van der Waals surface area contributed by atoms with Crippen LogP contribution in [0.2, 0.25) is 0 Å². The smallest absolute Gasteiger partial charge is 0.338 e. The number of benzene rings is 3. The number of fused-ring (bicyclic) bond motifs is 1. The van der Waals surface area contributed by atoms with Gasteiger partial charge in [0.1, 0.15) is 18.0 Å². The van der Waals surface area contributed by atoms with Crippen molar-refractivity contribution in [2.45, 2.75) is 38.5 Å². The first-order valence-electron chi connectivity index (χ1n) is 14.8. The van der Waals surface area contributed by atoms with Crippen LogP contribution >= 0.6 is 0 Å². The van der Waals surface area contributed by atoms with Crippen molar-refractivity contribution in [2.24, 2.45) is 5.92 Å². The molecule has 3 aromatic carbocycles. The Morgan fingerprint density at radius 3 is 2.28 bits per heavy atom. The highest BCUT2D eigenvalue weighted by molar-refractivity contribution is 5.95. The van der Waals surface area contributed by atoms with E-state index >= 15 is 0 Å². The molecular weight excluding hydrogens is 551 g/mol. The molecule has 0 bridgehead atoms. The molecule has 5 rings (SSSR count). The number of carbonyl (C=O) groups excluding carboxylic acids is 3. The lowest BCUT2D eigenvalue weighted by molar-refractivity contribution is -0.144. The van der Waals surface area contributed by atoms with Crippen LogP contribution in [0.5, 0.6) is 0 Å². The molecule has 3 aromatic rings. The molecule has 2 fully saturated rings. The first-order valence-corrected chi connectivity index (χ1v) is 14.8. The second-order valence-corrected chi connectivity index (χ2v) is 11.5. The second-order valence-electron chi connectivity index (χ2n) is 11.5. The van der Waals surface area contributed by atoms with E-state index in [0.717, 1.165) is 42.6 Å². The first-order chi connectivity index (χ1) is 20.7. The highest BCUT2D eigenvalue weighted by atomic mass is 19.1. The summed E-state index contributed by atoms with van der Waals surface area (Å²) in [6, 6.07) is 18.5. The van der Waals surface area contributed by atoms with Crippen LogP contribution in [0.4, 0.5) is 14.9 Å². The summed E-state index contributed by atoms with van der Waals surface area (Å²) >= 11 is 0. The maximum atomic E-state index is 13.5. The number of hydrogen-bond donors (Lipinski definition) is 1. The molecule has 10 heteroatoms. The Labute approximate surface area is 251 Å².